The molecule has 0 spiro atoms. The van der Waals surface area contributed by atoms with Crippen LogP contribution in [-0.4, -0.2) is 0 Å². The van der Waals surface area contributed by atoms with Gasteiger partial charge in [-0.25, -0.2) is 0 Å². The molecule has 3 heteroatoms. The highest BCUT2D eigenvalue weighted by atomic mass is 79.9. The van der Waals surface area contributed by atoms with E-state index in [4.69, 9.17) is 0 Å². The highest BCUT2D eigenvalue weighted by Gasteiger charge is 2.39. The van der Waals surface area contributed by atoms with Crippen molar-refractivity contribution in [3.8, 4) is 11.1 Å². The number of hydrogen-bond donors (Lipinski definition) is 0. The lowest BCUT2D eigenvalue weighted by Crippen LogP contribution is -2.18. The number of hydrogen-bond acceptors (Lipinski definition) is 2. The van der Waals surface area contributed by atoms with Crippen LogP contribution in [0, 0.1) is 0 Å². The van der Waals surface area contributed by atoms with Crippen molar-refractivity contribution in [2.75, 3.05) is 9.80 Å². The first-order valence-corrected chi connectivity index (χ1v) is 19.1. The highest BCUT2D eigenvalue weighted by molar-refractivity contribution is 9.10. The Morgan fingerprint density at radius 3 is 1.52 bits per heavy atom. The molecule has 6 aromatic carbocycles. The SMILES string of the molecule is C=CC1=C(C)C(C)(C)c2cccc(N(c3ccccc3)c3cc(Br)cc(N(c4ccccc4)c4cccc5c4-c4ccccc4C5(C)C)c3)c21.CC. The topological polar surface area (TPSA) is 6.48 Å². The van der Waals surface area contributed by atoms with Crippen molar-refractivity contribution >= 4 is 55.6 Å². The predicted molar refractivity (Wildman–Crippen MR) is 228 cm³/mol. The van der Waals surface area contributed by atoms with Gasteiger partial charge in [-0.2, -0.15) is 0 Å². The number of nitrogens with zero attached hydrogens (tertiary/aromatic N) is 2. The molecule has 0 fully saturated rings. The van der Waals surface area contributed by atoms with Gasteiger partial charge in [-0.15, -0.1) is 0 Å². The van der Waals surface area contributed by atoms with E-state index in [0.717, 1.165) is 38.6 Å². The van der Waals surface area contributed by atoms with E-state index < -0.39 is 0 Å². The molecule has 0 radical (unpaired) electrons. The third-order valence-electron chi connectivity index (χ3n) is 11.0. The second kappa shape index (κ2) is 13.8. The van der Waals surface area contributed by atoms with Crippen LogP contribution in [0.15, 0.2) is 162 Å². The average molecular weight is 744 g/mol. The summed E-state index contributed by atoms with van der Waals surface area (Å²) in [6, 6.07) is 50.7. The standard InChI is InChI=1S/C47H41BrN2.C2H6/c1-7-37-31(2)46(3,4)40-24-16-26-42(44(37)40)49(33-18-10-8-11-19-33)35-28-32(48)29-36(30-35)50(34-20-12-9-13-21-34)43-27-17-25-41-45(43)38-22-14-15-23-39(38)47(41,5)6;1-2/h7-30H,1H2,2-6H3;1-2H3. The number of para-hydroxylation sites is 2. The quantitative estimate of drug-likeness (QED) is 0.161. The zero-order chi connectivity index (χ0) is 36.8. The average Bonchev–Trinajstić information content (AvgIpc) is 3.52. The number of anilines is 6. The molecule has 0 amide bonds. The maximum Gasteiger partial charge on any atom is 0.0543 e. The van der Waals surface area contributed by atoms with Gasteiger partial charge in [-0.1, -0.05) is 161 Å². The minimum absolute atomic E-state index is 0.0957. The van der Waals surface area contributed by atoms with Crippen LogP contribution in [-0.2, 0) is 10.8 Å². The van der Waals surface area contributed by atoms with E-state index in [9.17, 15) is 0 Å². The molecule has 0 unspecified atom stereocenters. The summed E-state index contributed by atoms with van der Waals surface area (Å²) in [5.41, 5.74) is 16.9. The molecule has 0 saturated heterocycles. The molecule has 0 atom stereocenters. The van der Waals surface area contributed by atoms with Crippen LogP contribution < -0.4 is 9.80 Å². The molecule has 0 aromatic heterocycles. The van der Waals surface area contributed by atoms with Crippen molar-refractivity contribution < 1.29 is 0 Å². The van der Waals surface area contributed by atoms with Crippen molar-refractivity contribution in [2.45, 2.75) is 59.3 Å². The van der Waals surface area contributed by atoms with E-state index in [-0.39, 0.29) is 10.8 Å². The number of benzene rings is 6. The number of fused-ring (bicyclic) bond motifs is 4. The lowest BCUT2D eigenvalue weighted by Gasteiger charge is -2.32. The van der Waals surface area contributed by atoms with Crippen LogP contribution in [0.25, 0.3) is 16.7 Å². The molecule has 0 heterocycles. The number of allylic oxidation sites excluding steroid dienone is 3. The maximum atomic E-state index is 4.29. The van der Waals surface area contributed by atoms with Gasteiger partial charge in [0.05, 0.1) is 11.4 Å². The van der Waals surface area contributed by atoms with Crippen molar-refractivity contribution in [3.63, 3.8) is 0 Å². The fourth-order valence-corrected chi connectivity index (χ4v) is 8.73. The lowest BCUT2D eigenvalue weighted by atomic mass is 9.82. The highest BCUT2D eigenvalue weighted by Crippen LogP contribution is 2.55. The monoisotopic (exact) mass is 742 g/mol. The minimum atomic E-state index is -0.104. The van der Waals surface area contributed by atoms with Crippen LogP contribution in [0.4, 0.5) is 34.1 Å². The molecule has 8 rings (SSSR count). The molecule has 0 aliphatic heterocycles. The summed E-state index contributed by atoms with van der Waals surface area (Å²) in [7, 11) is 0. The van der Waals surface area contributed by atoms with E-state index in [2.05, 4.69) is 206 Å². The minimum Gasteiger partial charge on any atom is -0.310 e. The first-order chi connectivity index (χ1) is 25.1. The van der Waals surface area contributed by atoms with E-state index in [1.165, 1.54) is 44.5 Å². The van der Waals surface area contributed by atoms with E-state index in [1.807, 2.05) is 19.9 Å². The second-order valence-electron chi connectivity index (χ2n) is 14.4. The van der Waals surface area contributed by atoms with Gasteiger partial charge >= 0.3 is 0 Å². The van der Waals surface area contributed by atoms with Gasteiger partial charge in [-0.05, 0) is 89.3 Å². The van der Waals surface area contributed by atoms with Gasteiger partial charge in [0.25, 0.3) is 0 Å². The van der Waals surface area contributed by atoms with Crippen LogP contribution in [0.1, 0.15) is 70.7 Å². The molecule has 2 aliphatic carbocycles. The summed E-state index contributed by atoms with van der Waals surface area (Å²) in [6.45, 7) is 19.9. The lowest BCUT2D eigenvalue weighted by molar-refractivity contribution is 0.639. The molecule has 0 bridgehead atoms. The molecule has 2 aliphatic rings. The zero-order valence-corrected chi connectivity index (χ0v) is 32.9. The van der Waals surface area contributed by atoms with Crippen LogP contribution in [0.5, 0.6) is 0 Å². The van der Waals surface area contributed by atoms with Crippen molar-refractivity contribution in [2.24, 2.45) is 0 Å². The summed E-state index contributed by atoms with van der Waals surface area (Å²) in [5, 5.41) is 0. The summed E-state index contributed by atoms with van der Waals surface area (Å²) in [6.07, 6.45) is 2.04. The maximum absolute atomic E-state index is 4.29. The third-order valence-corrected chi connectivity index (χ3v) is 11.5. The van der Waals surface area contributed by atoms with Gasteiger partial charge in [0.1, 0.15) is 0 Å². The predicted octanol–water partition coefficient (Wildman–Crippen LogP) is 15.0. The van der Waals surface area contributed by atoms with Crippen LogP contribution >= 0.6 is 15.9 Å². The summed E-state index contributed by atoms with van der Waals surface area (Å²) >= 11 is 3.98. The molecule has 6 aromatic rings. The van der Waals surface area contributed by atoms with Crippen LogP contribution in [0.2, 0.25) is 0 Å². The van der Waals surface area contributed by atoms with E-state index >= 15 is 0 Å². The largest absolute Gasteiger partial charge is 0.310 e. The first-order valence-electron chi connectivity index (χ1n) is 18.3. The van der Waals surface area contributed by atoms with Crippen molar-refractivity contribution in [1.29, 1.82) is 0 Å². The zero-order valence-electron chi connectivity index (χ0n) is 31.3. The Hall–Kier alpha value is -5.12. The Kier molecular flexibility index (Phi) is 9.35. The molecular formula is C49H47BrN2. The molecule has 2 nitrogen and oxygen atoms in total. The van der Waals surface area contributed by atoms with Gasteiger partial charge in [0.2, 0.25) is 0 Å². The third kappa shape index (κ3) is 5.63. The van der Waals surface area contributed by atoms with E-state index in [1.54, 1.807) is 0 Å². The van der Waals surface area contributed by atoms with Gasteiger partial charge in [0, 0.05) is 49.2 Å². The number of rotatable bonds is 7. The molecule has 260 valence electrons. The van der Waals surface area contributed by atoms with Gasteiger partial charge in [0.15, 0.2) is 0 Å². The molecular weight excluding hydrogens is 696 g/mol. The Labute approximate surface area is 318 Å². The van der Waals surface area contributed by atoms with Crippen molar-refractivity contribution in [1.82, 2.24) is 0 Å². The Morgan fingerprint density at radius 2 is 0.981 bits per heavy atom. The molecule has 0 saturated carbocycles. The van der Waals surface area contributed by atoms with Crippen molar-refractivity contribution in [3.05, 3.63) is 184 Å². The normalized spacial score (nSPS) is 14.5. The summed E-state index contributed by atoms with van der Waals surface area (Å²) in [5.74, 6) is 0. The second-order valence-corrected chi connectivity index (χ2v) is 15.4. The van der Waals surface area contributed by atoms with Gasteiger partial charge in [-0.3, -0.25) is 0 Å². The Morgan fingerprint density at radius 1 is 0.519 bits per heavy atom. The molecule has 0 N–H and O–H groups in total. The van der Waals surface area contributed by atoms with Gasteiger partial charge < -0.3 is 9.80 Å². The first kappa shape index (κ1) is 35.3. The molecule has 52 heavy (non-hydrogen) atoms. The fourth-order valence-electron chi connectivity index (χ4n) is 8.26. The van der Waals surface area contributed by atoms with E-state index in [0.29, 0.717) is 0 Å². The fraction of sp³-hybridized carbons (Fsp3) is 0.184. The Balaban J connectivity index is 0.00000207. The summed E-state index contributed by atoms with van der Waals surface area (Å²) in [4.78, 5) is 4.83. The Bertz CT molecular complexity index is 2310. The summed E-state index contributed by atoms with van der Waals surface area (Å²) < 4.78 is 1.00. The van der Waals surface area contributed by atoms with Crippen LogP contribution in [0.3, 0.4) is 0 Å². The smallest absolute Gasteiger partial charge is 0.0543 e. The number of halogens is 1.